The van der Waals surface area contributed by atoms with E-state index in [0.717, 1.165) is 17.1 Å². The van der Waals surface area contributed by atoms with Gasteiger partial charge in [0.1, 0.15) is 12.4 Å². The minimum atomic E-state index is 0.290. The standard InChI is InChI=1S/C20H24N4OS/c1-14(2)17-10-9-15(3)11-18(17)25-12-19-22-23-20(24(19)21)26-13-16-7-5-4-6-8-16/h4-11,14H,12-13,21H2,1-3H3. The zero-order chi connectivity index (χ0) is 18.5. The quantitative estimate of drug-likeness (QED) is 0.498. The molecule has 0 fully saturated rings. The Morgan fingerprint density at radius 2 is 1.88 bits per heavy atom. The predicted octanol–water partition coefficient (Wildman–Crippen LogP) is 4.30. The molecule has 0 bridgehead atoms. The monoisotopic (exact) mass is 368 g/mol. The third-order valence-electron chi connectivity index (χ3n) is 4.09. The molecule has 3 aromatic rings. The van der Waals surface area contributed by atoms with Gasteiger partial charge in [0.25, 0.3) is 0 Å². The first-order valence-electron chi connectivity index (χ1n) is 8.64. The minimum Gasteiger partial charge on any atom is -0.485 e. The molecule has 0 atom stereocenters. The summed E-state index contributed by atoms with van der Waals surface area (Å²) in [6.07, 6.45) is 0. The minimum absolute atomic E-state index is 0.290. The van der Waals surface area contributed by atoms with Gasteiger partial charge in [-0.15, -0.1) is 10.2 Å². The molecule has 2 aromatic carbocycles. The van der Waals surface area contributed by atoms with Crippen molar-refractivity contribution in [2.75, 3.05) is 5.84 Å². The van der Waals surface area contributed by atoms with Gasteiger partial charge in [-0.3, -0.25) is 0 Å². The van der Waals surface area contributed by atoms with Gasteiger partial charge in [-0.2, -0.15) is 0 Å². The van der Waals surface area contributed by atoms with Crippen LogP contribution in [0.1, 0.15) is 42.3 Å². The van der Waals surface area contributed by atoms with Crippen molar-refractivity contribution in [1.82, 2.24) is 14.9 Å². The summed E-state index contributed by atoms with van der Waals surface area (Å²) in [6, 6.07) is 16.5. The Hall–Kier alpha value is -2.47. The summed E-state index contributed by atoms with van der Waals surface area (Å²) >= 11 is 1.56. The Bertz CT molecular complexity index is 862. The maximum absolute atomic E-state index is 6.15. The molecule has 6 heteroatoms. The van der Waals surface area contributed by atoms with E-state index in [1.807, 2.05) is 18.2 Å². The molecule has 0 spiro atoms. The Balaban J connectivity index is 1.66. The van der Waals surface area contributed by atoms with E-state index < -0.39 is 0 Å². The average Bonchev–Trinajstić information content (AvgIpc) is 2.98. The highest BCUT2D eigenvalue weighted by atomic mass is 32.2. The largest absolute Gasteiger partial charge is 0.485 e. The van der Waals surface area contributed by atoms with Gasteiger partial charge >= 0.3 is 0 Å². The van der Waals surface area contributed by atoms with Crippen LogP contribution >= 0.6 is 11.8 Å². The van der Waals surface area contributed by atoms with Crippen LogP contribution in [0.25, 0.3) is 0 Å². The highest BCUT2D eigenvalue weighted by molar-refractivity contribution is 7.98. The van der Waals surface area contributed by atoms with Crippen molar-refractivity contribution in [2.24, 2.45) is 0 Å². The first-order chi connectivity index (χ1) is 12.5. The Kier molecular flexibility index (Phi) is 5.83. The van der Waals surface area contributed by atoms with Crippen LogP contribution in [0.15, 0.2) is 53.7 Å². The van der Waals surface area contributed by atoms with Crippen LogP contribution in [-0.4, -0.2) is 14.9 Å². The van der Waals surface area contributed by atoms with Gasteiger partial charge in [0.05, 0.1) is 0 Å². The number of ether oxygens (including phenoxy) is 1. The van der Waals surface area contributed by atoms with Gasteiger partial charge in [0.15, 0.2) is 5.82 Å². The SMILES string of the molecule is Cc1ccc(C(C)C)c(OCc2nnc(SCc3ccccc3)n2N)c1. The number of rotatable bonds is 7. The van der Waals surface area contributed by atoms with Gasteiger partial charge in [-0.05, 0) is 35.6 Å². The normalized spacial score (nSPS) is 11.1. The zero-order valence-electron chi connectivity index (χ0n) is 15.3. The second-order valence-corrected chi connectivity index (χ2v) is 7.47. The van der Waals surface area contributed by atoms with Crippen molar-refractivity contribution in [2.45, 2.75) is 44.2 Å². The average molecular weight is 369 g/mol. The predicted molar refractivity (Wildman–Crippen MR) is 106 cm³/mol. The lowest BCUT2D eigenvalue weighted by molar-refractivity contribution is 0.287. The van der Waals surface area contributed by atoms with Crippen LogP contribution in [-0.2, 0) is 12.4 Å². The molecule has 0 aliphatic heterocycles. The van der Waals surface area contributed by atoms with Crippen LogP contribution in [0.5, 0.6) is 5.75 Å². The molecule has 1 aromatic heterocycles. The zero-order valence-corrected chi connectivity index (χ0v) is 16.2. The summed E-state index contributed by atoms with van der Waals surface area (Å²) in [5.74, 6) is 8.82. The van der Waals surface area contributed by atoms with Crippen molar-refractivity contribution in [3.05, 3.63) is 71.0 Å². The molecule has 1 heterocycles. The molecule has 5 nitrogen and oxygen atoms in total. The smallest absolute Gasteiger partial charge is 0.210 e. The molecule has 26 heavy (non-hydrogen) atoms. The third kappa shape index (κ3) is 4.38. The van der Waals surface area contributed by atoms with Crippen molar-refractivity contribution in [3.8, 4) is 5.75 Å². The van der Waals surface area contributed by atoms with E-state index >= 15 is 0 Å². The van der Waals surface area contributed by atoms with Crippen molar-refractivity contribution in [3.63, 3.8) is 0 Å². The van der Waals surface area contributed by atoms with E-state index in [1.54, 1.807) is 11.8 Å². The summed E-state index contributed by atoms with van der Waals surface area (Å²) in [5, 5.41) is 9.05. The fourth-order valence-electron chi connectivity index (χ4n) is 2.61. The highest BCUT2D eigenvalue weighted by Gasteiger charge is 2.13. The fraction of sp³-hybridized carbons (Fsp3) is 0.300. The Morgan fingerprint density at radius 3 is 2.62 bits per heavy atom. The number of hydrogen-bond acceptors (Lipinski definition) is 5. The molecule has 0 saturated heterocycles. The fourth-order valence-corrected chi connectivity index (χ4v) is 3.44. The van der Waals surface area contributed by atoms with E-state index in [4.69, 9.17) is 10.6 Å². The first-order valence-corrected chi connectivity index (χ1v) is 9.62. The molecule has 0 amide bonds. The van der Waals surface area contributed by atoms with Gasteiger partial charge in [-0.25, -0.2) is 4.68 Å². The van der Waals surface area contributed by atoms with E-state index in [2.05, 4.69) is 61.3 Å². The van der Waals surface area contributed by atoms with E-state index in [0.29, 0.717) is 23.5 Å². The lowest BCUT2D eigenvalue weighted by Crippen LogP contribution is -2.16. The van der Waals surface area contributed by atoms with Crippen LogP contribution in [0.2, 0.25) is 0 Å². The summed E-state index contributed by atoms with van der Waals surface area (Å²) < 4.78 is 7.52. The molecule has 0 unspecified atom stereocenters. The van der Waals surface area contributed by atoms with E-state index in [1.165, 1.54) is 15.8 Å². The van der Waals surface area contributed by atoms with Gasteiger partial charge in [-0.1, -0.05) is 68.1 Å². The lowest BCUT2D eigenvalue weighted by Gasteiger charge is -2.14. The molecular formula is C20H24N4OS. The summed E-state index contributed by atoms with van der Waals surface area (Å²) in [6.45, 7) is 6.65. The number of hydrogen-bond donors (Lipinski definition) is 1. The molecule has 3 rings (SSSR count). The number of nitrogens with zero attached hydrogens (tertiary/aromatic N) is 3. The van der Waals surface area contributed by atoms with Crippen LogP contribution in [0.4, 0.5) is 0 Å². The van der Waals surface area contributed by atoms with Crippen molar-refractivity contribution in [1.29, 1.82) is 0 Å². The topological polar surface area (TPSA) is 66.0 Å². The molecule has 2 N–H and O–H groups in total. The Morgan fingerprint density at radius 1 is 1.12 bits per heavy atom. The number of nitrogens with two attached hydrogens (primary N) is 1. The van der Waals surface area contributed by atoms with Crippen LogP contribution < -0.4 is 10.6 Å². The van der Waals surface area contributed by atoms with Crippen LogP contribution in [0.3, 0.4) is 0 Å². The summed E-state index contributed by atoms with van der Waals surface area (Å²) in [5.41, 5.74) is 3.56. The number of thioether (sulfide) groups is 1. The molecule has 0 aliphatic rings. The van der Waals surface area contributed by atoms with Crippen molar-refractivity contribution >= 4 is 11.8 Å². The number of benzene rings is 2. The molecule has 136 valence electrons. The van der Waals surface area contributed by atoms with Crippen LogP contribution in [0, 0.1) is 6.92 Å². The molecule has 0 aliphatic carbocycles. The summed E-state index contributed by atoms with van der Waals surface area (Å²) in [7, 11) is 0. The van der Waals surface area contributed by atoms with E-state index in [-0.39, 0.29) is 0 Å². The third-order valence-corrected chi connectivity index (χ3v) is 5.11. The highest BCUT2D eigenvalue weighted by Crippen LogP contribution is 2.28. The number of nitrogen functional groups attached to an aromatic ring is 1. The van der Waals surface area contributed by atoms with Gasteiger partial charge < -0.3 is 10.6 Å². The molecular weight excluding hydrogens is 344 g/mol. The number of aromatic nitrogens is 3. The van der Waals surface area contributed by atoms with Crippen molar-refractivity contribution < 1.29 is 4.74 Å². The maximum atomic E-state index is 6.15. The Labute approximate surface area is 158 Å². The molecule has 0 radical (unpaired) electrons. The first kappa shape index (κ1) is 18.3. The lowest BCUT2D eigenvalue weighted by atomic mass is 10.0. The number of aryl methyl sites for hydroxylation is 1. The van der Waals surface area contributed by atoms with Gasteiger partial charge in [0.2, 0.25) is 5.16 Å². The van der Waals surface area contributed by atoms with E-state index in [9.17, 15) is 0 Å². The summed E-state index contributed by atoms with van der Waals surface area (Å²) in [4.78, 5) is 0. The molecule has 0 saturated carbocycles. The second kappa shape index (κ2) is 8.27. The van der Waals surface area contributed by atoms with Gasteiger partial charge in [0, 0.05) is 5.75 Å². The maximum Gasteiger partial charge on any atom is 0.210 e. The second-order valence-electron chi connectivity index (χ2n) is 6.53.